The lowest BCUT2D eigenvalue weighted by Crippen LogP contribution is -2.02. The predicted molar refractivity (Wildman–Crippen MR) is 104 cm³/mol. The van der Waals surface area contributed by atoms with Crippen LogP contribution in [0.4, 0.5) is 0 Å². The second-order valence-corrected chi connectivity index (χ2v) is 7.67. The molecule has 0 atom stereocenters. The Labute approximate surface area is 159 Å². The van der Waals surface area contributed by atoms with Crippen LogP contribution in [0.1, 0.15) is 18.9 Å². The molecular formula is C18H17BrClN3S. The molecule has 0 aliphatic heterocycles. The van der Waals surface area contributed by atoms with Gasteiger partial charge in [-0.2, -0.15) is 0 Å². The molecule has 0 bridgehead atoms. The maximum absolute atomic E-state index is 5.98. The third kappa shape index (κ3) is 4.21. The summed E-state index contributed by atoms with van der Waals surface area (Å²) in [6.07, 6.45) is 1.03. The van der Waals surface area contributed by atoms with Gasteiger partial charge in [-0.25, -0.2) is 0 Å². The van der Waals surface area contributed by atoms with Crippen molar-refractivity contribution in [3.63, 3.8) is 0 Å². The minimum Gasteiger partial charge on any atom is -0.302 e. The second kappa shape index (κ2) is 8.19. The Morgan fingerprint density at radius 2 is 1.75 bits per heavy atom. The summed E-state index contributed by atoms with van der Waals surface area (Å²) in [5.41, 5.74) is 2.30. The highest BCUT2D eigenvalue weighted by Gasteiger charge is 2.14. The molecule has 24 heavy (non-hydrogen) atoms. The number of benzene rings is 2. The van der Waals surface area contributed by atoms with E-state index >= 15 is 0 Å². The minimum absolute atomic E-state index is 0.727. The molecule has 3 nitrogen and oxygen atoms in total. The average Bonchev–Trinajstić information content (AvgIpc) is 2.98. The van der Waals surface area contributed by atoms with E-state index < -0.39 is 0 Å². The molecule has 1 aromatic heterocycles. The van der Waals surface area contributed by atoms with Gasteiger partial charge in [-0.05, 0) is 48.4 Å². The normalized spacial score (nSPS) is 11.0. The van der Waals surface area contributed by atoms with E-state index in [0.29, 0.717) is 0 Å². The molecule has 0 aliphatic rings. The molecule has 2 aromatic carbocycles. The fourth-order valence-electron chi connectivity index (χ4n) is 2.36. The summed E-state index contributed by atoms with van der Waals surface area (Å²) < 4.78 is 3.28. The molecule has 0 radical (unpaired) electrons. The molecular weight excluding hydrogens is 406 g/mol. The van der Waals surface area contributed by atoms with Gasteiger partial charge in [0.05, 0.1) is 0 Å². The number of halogens is 2. The van der Waals surface area contributed by atoms with Crippen molar-refractivity contribution in [3.8, 4) is 11.4 Å². The van der Waals surface area contributed by atoms with Crippen molar-refractivity contribution in [2.75, 3.05) is 0 Å². The highest BCUT2D eigenvalue weighted by molar-refractivity contribution is 9.10. The van der Waals surface area contributed by atoms with E-state index in [4.69, 9.17) is 11.6 Å². The van der Waals surface area contributed by atoms with E-state index in [1.807, 2.05) is 24.3 Å². The van der Waals surface area contributed by atoms with E-state index in [9.17, 15) is 0 Å². The van der Waals surface area contributed by atoms with E-state index in [0.717, 1.165) is 44.8 Å². The fraction of sp³-hybridized carbons (Fsp3) is 0.222. The molecule has 0 aliphatic carbocycles. The third-order valence-corrected chi connectivity index (χ3v) is 5.37. The maximum Gasteiger partial charge on any atom is 0.191 e. The number of hydrogen-bond acceptors (Lipinski definition) is 3. The largest absolute Gasteiger partial charge is 0.302 e. The molecule has 0 saturated carbocycles. The van der Waals surface area contributed by atoms with E-state index in [2.05, 4.69) is 61.9 Å². The molecule has 6 heteroatoms. The summed E-state index contributed by atoms with van der Waals surface area (Å²) >= 11 is 11.2. The monoisotopic (exact) mass is 421 g/mol. The topological polar surface area (TPSA) is 30.7 Å². The van der Waals surface area contributed by atoms with Crippen LogP contribution in [0, 0.1) is 0 Å². The molecule has 1 heterocycles. The quantitative estimate of drug-likeness (QED) is 0.452. The van der Waals surface area contributed by atoms with Crippen molar-refractivity contribution in [2.24, 2.45) is 0 Å². The standard InChI is InChI=1S/C18H17BrClN3S/c1-2-11-23-17(14-5-9-16(20)10-6-14)21-22-18(23)24-12-13-3-7-15(19)8-4-13/h3-10H,2,11-12H2,1H3. The van der Waals surface area contributed by atoms with Gasteiger partial charge in [0, 0.05) is 27.4 Å². The van der Waals surface area contributed by atoms with Crippen LogP contribution in [0.25, 0.3) is 11.4 Å². The van der Waals surface area contributed by atoms with E-state index in [-0.39, 0.29) is 0 Å². The molecule has 0 saturated heterocycles. The molecule has 0 unspecified atom stereocenters. The first-order chi connectivity index (χ1) is 11.7. The van der Waals surface area contributed by atoms with Crippen molar-refractivity contribution in [1.29, 1.82) is 0 Å². The van der Waals surface area contributed by atoms with Crippen LogP contribution >= 0.6 is 39.3 Å². The number of hydrogen-bond donors (Lipinski definition) is 0. The first-order valence-electron chi connectivity index (χ1n) is 7.73. The highest BCUT2D eigenvalue weighted by atomic mass is 79.9. The Bertz CT molecular complexity index is 800. The van der Waals surface area contributed by atoms with Gasteiger partial charge in [0.15, 0.2) is 11.0 Å². The Balaban J connectivity index is 1.82. The average molecular weight is 423 g/mol. The number of aromatic nitrogens is 3. The lowest BCUT2D eigenvalue weighted by Gasteiger charge is -2.09. The lowest BCUT2D eigenvalue weighted by atomic mass is 10.2. The van der Waals surface area contributed by atoms with Crippen molar-refractivity contribution in [1.82, 2.24) is 14.8 Å². The van der Waals surface area contributed by atoms with Gasteiger partial charge in [0.2, 0.25) is 0 Å². The molecule has 0 amide bonds. The molecule has 0 N–H and O–H groups in total. The van der Waals surface area contributed by atoms with Gasteiger partial charge < -0.3 is 4.57 Å². The van der Waals surface area contributed by atoms with Gasteiger partial charge in [-0.1, -0.05) is 58.3 Å². The Morgan fingerprint density at radius 3 is 2.42 bits per heavy atom. The van der Waals surface area contributed by atoms with Gasteiger partial charge in [0.1, 0.15) is 0 Å². The van der Waals surface area contributed by atoms with Crippen LogP contribution in [0.3, 0.4) is 0 Å². The predicted octanol–water partition coefficient (Wildman–Crippen LogP) is 6.06. The first kappa shape index (κ1) is 17.5. The van der Waals surface area contributed by atoms with Crippen molar-refractivity contribution in [3.05, 3.63) is 63.6 Å². The van der Waals surface area contributed by atoms with Gasteiger partial charge >= 0.3 is 0 Å². The zero-order valence-corrected chi connectivity index (χ0v) is 16.4. The fourth-order valence-corrected chi connectivity index (χ4v) is 3.67. The molecule has 0 fully saturated rings. The zero-order chi connectivity index (χ0) is 16.9. The van der Waals surface area contributed by atoms with Crippen LogP contribution in [0.5, 0.6) is 0 Å². The van der Waals surface area contributed by atoms with Crippen molar-refractivity contribution in [2.45, 2.75) is 30.8 Å². The van der Waals surface area contributed by atoms with Gasteiger partial charge in [0.25, 0.3) is 0 Å². The number of nitrogens with zero attached hydrogens (tertiary/aromatic N) is 3. The van der Waals surface area contributed by atoms with Gasteiger partial charge in [-0.3, -0.25) is 0 Å². The maximum atomic E-state index is 5.98. The number of thioether (sulfide) groups is 1. The summed E-state index contributed by atoms with van der Waals surface area (Å²) in [6, 6.07) is 16.1. The van der Waals surface area contributed by atoms with Crippen LogP contribution in [0.15, 0.2) is 58.2 Å². The summed E-state index contributed by atoms with van der Waals surface area (Å²) in [5, 5.41) is 10.5. The second-order valence-electron chi connectivity index (χ2n) is 5.38. The Kier molecular flexibility index (Phi) is 5.98. The Morgan fingerprint density at radius 1 is 1.04 bits per heavy atom. The Hall–Kier alpha value is -1.30. The van der Waals surface area contributed by atoms with Crippen LogP contribution < -0.4 is 0 Å². The summed E-state index contributed by atoms with van der Waals surface area (Å²) in [7, 11) is 0. The van der Waals surface area contributed by atoms with Gasteiger partial charge in [-0.15, -0.1) is 10.2 Å². The molecule has 0 spiro atoms. The highest BCUT2D eigenvalue weighted by Crippen LogP contribution is 2.27. The molecule has 3 aromatic rings. The smallest absolute Gasteiger partial charge is 0.191 e. The van der Waals surface area contributed by atoms with Crippen molar-refractivity contribution >= 4 is 39.3 Å². The van der Waals surface area contributed by atoms with E-state index in [1.54, 1.807) is 11.8 Å². The molecule has 3 rings (SSSR count). The molecule has 124 valence electrons. The lowest BCUT2D eigenvalue weighted by molar-refractivity contribution is 0.626. The zero-order valence-electron chi connectivity index (χ0n) is 13.2. The van der Waals surface area contributed by atoms with E-state index in [1.165, 1.54) is 5.56 Å². The number of rotatable bonds is 6. The third-order valence-electron chi connectivity index (χ3n) is 3.55. The SMILES string of the molecule is CCCn1c(SCc2ccc(Br)cc2)nnc1-c1ccc(Cl)cc1. The summed E-state index contributed by atoms with van der Waals surface area (Å²) in [6.45, 7) is 3.06. The first-order valence-corrected chi connectivity index (χ1v) is 9.89. The van der Waals surface area contributed by atoms with Crippen LogP contribution in [-0.4, -0.2) is 14.8 Å². The minimum atomic E-state index is 0.727. The van der Waals surface area contributed by atoms with Crippen LogP contribution in [-0.2, 0) is 12.3 Å². The summed E-state index contributed by atoms with van der Waals surface area (Å²) in [4.78, 5) is 0. The summed E-state index contributed by atoms with van der Waals surface area (Å²) in [5.74, 6) is 1.77. The van der Waals surface area contributed by atoms with Crippen LogP contribution in [0.2, 0.25) is 5.02 Å². The van der Waals surface area contributed by atoms with Crippen molar-refractivity contribution < 1.29 is 0 Å².